The average molecular weight is 256 g/mol. The Morgan fingerprint density at radius 2 is 2.11 bits per heavy atom. The number of aryl methyl sites for hydroxylation is 1. The molecule has 0 atom stereocenters. The van der Waals surface area contributed by atoms with Gasteiger partial charge in [-0.3, -0.25) is 0 Å². The smallest absolute Gasteiger partial charge is 0.387 e. The van der Waals surface area contributed by atoms with Crippen LogP contribution in [0.4, 0.5) is 14.5 Å². The molecule has 0 saturated carbocycles. The number of alkyl halides is 2. The zero-order chi connectivity index (χ0) is 13.0. The summed E-state index contributed by atoms with van der Waals surface area (Å²) < 4.78 is 29.4. The predicted octanol–water partition coefficient (Wildman–Crippen LogP) is 2.40. The van der Waals surface area contributed by atoms with Crippen molar-refractivity contribution in [3.63, 3.8) is 0 Å². The highest BCUT2D eigenvalue weighted by molar-refractivity contribution is 5.60. The monoisotopic (exact) mass is 256 g/mol. The first-order valence-electron chi connectivity index (χ1n) is 6.18. The molecule has 0 radical (unpaired) electrons. The fourth-order valence-corrected chi connectivity index (χ4v) is 2.16. The molecular formula is C13H18F2N2O. The van der Waals surface area contributed by atoms with Crippen LogP contribution in [0.2, 0.25) is 0 Å². The number of anilines is 1. The molecular weight excluding hydrogens is 238 g/mol. The molecule has 0 spiro atoms. The third-order valence-electron chi connectivity index (χ3n) is 3.01. The van der Waals surface area contributed by atoms with Crippen molar-refractivity contribution in [2.45, 2.75) is 20.0 Å². The number of ether oxygens (including phenoxy) is 1. The van der Waals surface area contributed by atoms with E-state index in [1.54, 1.807) is 12.1 Å². The van der Waals surface area contributed by atoms with Gasteiger partial charge in [0.1, 0.15) is 5.75 Å². The summed E-state index contributed by atoms with van der Waals surface area (Å²) in [7, 11) is 0. The minimum atomic E-state index is -2.78. The highest BCUT2D eigenvalue weighted by Crippen LogP contribution is 2.31. The van der Waals surface area contributed by atoms with E-state index in [1.165, 1.54) is 0 Å². The van der Waals surface area contributed by atoms with E-state index in [9.17, 15) is 8.78 Å². The van der Waals surface area contributed by atoms with Gasteiger partial charge < -0.3 is 15.0 Å². The number of halogens is 2. The van der Waals surface area contributed by atoms with E-state index >= 15 is 0 Å². The lowest BCUT2D eigenvalue weighted by atomic mass is 10.2. The summed E-state index contributed by atoms with van der Waals surface area (Å²) in [4.78, 5) is 2.10. The molecule has 0 aromatic heterocycles. The van der Waals surface area contributed by atoms with Crippen LogP contribution < -0.4 is 15.0 Å². The Morgan fingerprint density at radius 3 is 2.89 bits per heavy atom. The number of hydrogen-bond donors (Lipinski definition) is 1. The summed E-state index contributed by atoms with van der Waals surface area (Å²) >= 11 is 0. The summed E-state index contributed by atoms with van der Waals surface area (Å²) in [5.41, 5.74) is 1.81. The second-order valence-corrected chi connectivity index (χ2v) is 4.44. The lowest BCUT2D eigenvalue weighted by Gasteiger charge is -2.25. The SMILES string of the molecule is Cc1ccc(OC(F)F)c(N2CCCNCC2)c1. The van der Waals surface area contributed by atoms with Gasteiger partial charge >= 0.3 is 6.61 Å². The van der Waals surface area contributed by atoms with Crippen LogP contribution in [0.25, 0.3) is 0 Å². The Hall–Kier alpha value is -1.36. The number of nitrogens with one attached hydrogen (secondary N) is 1. The lowest BCUT2D eigenvalue weighted by molar-refractivity contribution is -0.0495. The van der Waals surface area contributed by atoms with Gasteiger partial charge in [-0.15, -0.1) is 0 Å². The van der Waals surface area contributed by atoms with Crippen LogP contribution in [-0.2, 0) is 0 Å². The maximum Gasteiger partial charge on any atom is 0.387 e. The van der Waals surface area contributed by atoms with E-state index in [0.29, 0.717) is 0 Å². The summed E-state index contributed by atoms with van der Waals surface area (Å²) in [6.07, 6.45) is 1.00. The van der Waals surface area contributed by atoms with Crippen LogP contribution in [0.1, 0.15) is 12.0 Å². The molecule has 0 amide bonds. The summed E-state index contributed by atoms with van der Waals surface area (Å²) in [5.74, 6) is 0.262. The molecule has 1 aliphatic rings. The van der Waals surface area contributed by atoms with Gasteiger partial charge in [0.2, 0.25) is 0 Å². The van der Waals surface area contributed by atoms with Crippen molar-refractivity contribution in [2.24, 2.45) is 0 Å². The van der Waals surface area contributed by atoms with Gasteiger partial charge in [0, 0.05) is 19.6 Å². The molecule has 1 saturated heterocycles. The van der Waals surface area contributed by atoms with Crippen LogP contribution in [0.15, 0.2) is 18.2 Å². The molecule has 1 N–H and O–H groups in total. The minimum Gasteiger partial charge on any atom is -0.433 e. The first-order chi connectivity index (χ1) is 8.66. The molecule has 2 rings (SSSR count). The van der Waals surface area contributed by atoms with Crippen molar-refractivity contribution in [3.8, 4) is 5.75 Å². The number of benzene rings is 1. The van der Waals surface area contributed by atoms with Crippen LogP contribution in [-0.4, -0.2) is 32.8 Å². The Kier molecular flexibility index (Phi) is 4.36. The molecule has 1 aromatic carbocycles. The van der Waals surface area contributed by atoms with E-state index in [1.807, 2.05) is 13.0 Å². The van der Waals surface area contributed by atoms with E-state index < -0.39 is 6.61 Å². The van der Waals surface area contributed by atoms with Gasteiger partial charge in [-0.1, -0.05) is 6.07 Å². The molecule has 0 aliphatic carbocycles. The maximum atomic E-state index is 12.4. The Bertz CT molecular complexity index is 391. The fourth-order valence-electron chi connectivity index (χ4n) is 2.16. The molecule has 3 nitrogen and oxygen atoms in total. The van der Waals surface area contributed by atoms with Crippen molar-refractivity contribution >= 4 is 5.69 Å². The first-order valence-corrected chi connectivity index (χ1v) is 6.18. The van der Waals surface area contributed by atoms with Crippen molar-refractivity contribution in [1.82, 2.24) is 5.32 Å². The van der Waals surface area contributed by atoms with Gasteiger partial charge in [-0.25, -0.2) is 0 Å². The second-order valence-electron chi connectivity index (χ2n) is 4.44. The zero-order valence-electron chi connectivity index (χ0n) is 10.5. The van der Waals surface area contributed by atoms with Gasteiger partial charge in [0.05, 0.1) is 5.69 Å². The van der Waals surface area contributed by atoms with E-state index in [-0.39, 0.29) is 5.75 Å². The van der Waals surface area contributed by atoms with Crippen LogP contribution in [0.5, 0.6) is 5.75 Å². The lowest BCUT2D eigenvalue weighted by Crippen LogP contribution is -2.28. The molecule has 0 unspecified atom stereocenters. The second kappa shape index (κ2) is 6.00. The van der Waals surface area contributed by atoms with Crippen molar-refractivity contribution in [1.29, 1.82) is 0 Å². The quantitative estimate of drug-likeness (QED) is 0.898. The Morgan fingerprint density at radius 1 is 1.28 bits per heavy atom. The van der Waals surface area contributed by atoms with Crippen molar-refractivity contribution in [3.05, 3.63) is 23.8 Å². The summed E-state index contributed by atoms with van der Waals surface area (Å²) in [6.45, 7) is 2.66. The van der Waals surface area contributed by atoms with Crippen LogP contribution in [0, 0.1) is 6.92 Å². The van der Waals surface area contributed by atoms with Crippen LogP contribution in [0.3, 0.4) is 0 Å². The van der Waals surface area contributed by atoms with Crippen LogP contribution >= 0.6 is 0 Å². The number of hydrogen-bond acceptors (Lipinski definition) is 3. The zero-order valence-corrected chi connectivity index (χ0v) is 10.5. The third-order valence-corrected chi connectivity index (χ3v) is 3.01. The average Bonchev–Trinajstić information content (AvgIpc) is 2.59. The van der Waals surface area contributed by atoms with E-state index in [0.717, 1.165) is 43.9 Å². The maximum absolute atomic E-state index is 12.4. The Labute approximate surface area is 106 Å². The third kappa shape index (κ3) is 3.32. The first kappa shape index (κ1) is 13.1. The molecule has 0 bridgehead atoms. The fraction of sp³-hybridized carbons (Fsp3) is 0.538. The normalized spacial score (nSPS) is 16.8. The van der Waals surface area contributed by atoms with E-state index in [4.69, 9.17) is 0 Å². The van der Waals surface area contributed by atoms with Crippen molar-refractivity contribution in [2.75, 3.05) is 31.1 Å². The van der Waals surface area contributed by atoms with Gasteiger partial charge in [-0.05, 0) is 37.6 Å². The van der Waals surface area contributed by atoms with Gasteiger partial charge in [0.15, 0.2) is 0 Å². The standard InChI is InChI=1S/C13H18F2N2O/c1-10-3-4-12(18-13(14)15)11(9-10)17-7-2-5-16-6-8-17/h3-4,9,13,16H,2,5-8H2,1H3. The highest BCUT2D eigenvalue weighted by atomic mass is 19.3. The molecule has 5 heteroatoms. The summed E-state index contributed by atoms with van der Waals surface area (Å²) in [6, 6.07) is 5.31. The van der Waals surface area contributed by atoms with Gasteiger partial charge in [-0.2, -0.15) is 8.78 Å². The number of rotatable bonds is 3. The molecule has 1 aromatic rings. The van der Waals surface area contributed by atoms with Crippen molar-refractivity contribution < 1.29 is 13.5 Å². The van der Waals surface area contributed by atoms with Gasteiger partial charge in [0.25, 0.3) is 0 Å². The molecule has 100 valence electrons. The predicted molar refractivity (Wildman–Crippen MR) is 67.5 cm³/mol. The largest absolute Gasteiger partial charge is 0.433 e. The topological polar surface area (TPSA) is 24.5 Å². The molecule has 18 heavy (non-hydrogen) atoms. The Balaban J connectivity index is 2.24. The van der Waals surface area contributed by atoms with E-state index in [2.05, 4.69) is 15.0 Å². The molecule has 1 aliphatic heterocycles. The summed E-state index contributed by atoms with van der Waals surface area (Å²) in [5, 5.41) is 3.29. The molecule has 1 heterocycles. The minimum absolute atomic E-state index is 0.262. The number of nitrogens with zero attached hydrogens (tertiary/aromatic N) is 1. The highest BCUT2D eigenvalue weighted by Gasteiger charge is 2.16. The molecule has 1 fully saturated rings.